The van der Waals surface area contributed by atoms with Gasteiger partial charge in [-0.3, -0.25) is 0 Å². The first-order chi connectivity index (χ1) is 10.7. The molecule has 0 amide bonds. The zero-order valence-electron chi connectivity index (χ0n) is 12.7. The molecule has 3 rings (SSSR count). The smallest absolute Gasteiger partial charge is 0.318 e. The summed E-state index contributed by atoms with van der Waals surface area (Å²) in [5.41, 5.74) is 0. The van der Waals surface area contributed by atoms with E-state index < -0.39 is 0 Å². The second kappa shape index (κ2) is 6.48. The van der Waals surface area contributed by atoms with Gasteiger partial charge in [-0.15, -0.1) is 10.2 Å². The largest absolute Gasteiger partial charge is 0.467 e. The highest BCUT2D eigenvalue weighted by Gasteiger charge is 2.27. The van der Waals surface area contributed by atoms with Gasteiger partial charge < -0.3 is 14.2 Å². The van der Waals surface area contributed by atoms with Crippen LogP contribution < -0.4 is 9.64 Å². The third kappa shape index (κ3) is 2.85. The first-order valence-corrected chi connectivity index (χ1v) is 7.80. The number of halogens is 1. The van der Waals surface area contributed by atoms with E-state index in [0.29, 0.717) is 17.0 Å². The molecule has 8 heteroatoms. The molecule has 0 aromatic carbocycles. The summed E-state index contributed by atoms with van der Waals surface area (Å²) in [6.45, 7) is 4.70. The molecule has 0 spiro atoms. The Morgan fingerprint density at radius 3 is 3.09 bits per heavy atom. The molecular weight excluding hydrogens is 304 g/mol. The lowest BCUT2D eigenvalue weighted by atomic mass is 9.97. The monoisotopic (exact) mass is 322 g/mol. The predicted octanol–water partition coefficient (Wildman–Crippen LogP) is 2.13. The van der Waals surface area contributed by atoms with Crippen molar-refractivity contribution >= 4 is 17.4 Å². The molecule has 0 bridgehead atoms. The maximum absolute atomic E-state index is 6.26. The Balaban J connectivity index is 1.84. The van der Waals surface area contributed by atoms with Crippen LogP contribution in [0.2, 0.25) is 5.02 Å². The van der Waals surface area contributed by atoms with E-state index in [1.807, 2.05) is 0 Å². The second-order valence-electron chi connectivity index (χ2n) is 5.29. The van der Waals surface area contributed by atoms with Gasteiger partial charge in [0, 0.05) is 25.6 Å². The summed E-state index contributed by atoms with van der Waals surface area (Å²) >= 11 is 6.26. The number of aryl methyl sites for hydroxylation is 1. The summed E-state index contributed by atoms with van der Waals surface area (Å²) in [5, 5.41) is 8.86. The fourth-order valence-electron chi connectivity index (χ4n) is 2.87. The van der Waals surface area contributed by atoms with Crippen molar-refractivity contribution in [1.82, 2.24) is 24.7 Å². The van der Waals surface area contributed by atoms with Crippen LogP contribution in [0, 0.1) is 0 Å². The van der Waals surface area contributed by atoms with Crippen LogP contribution in [0.4, 0.5) is 5.82 Å². The summed E-state index contributed by atoms with van der Waals surface area (Å²) in [4.78, 5) is 10.6. The maximum atomic E-state index is 6.26. The average Bonchev–Trinajstić information content (AvgIpc) is 3.04. The molecule has 2 aromatic heterocycles. The van der Waals surface area contributed by atoms with Crippen molar-refractivity contribution in [2.75, 3.05) is 25.1 Å². The van der Waals surface area contributed by atoms with Crippen LogP contribution in [0.3, 0.4) is 0 Å². The van der Waals surface area contributed by atoms with Gasteiger partial charge in [0.2, 0.25) is 0 Å². The van der Waals surface area contributed by atoms with E-state index in [9.17, 15) is 0 Å². The van der Waals surface area contributed by atoms with Gasteiger partial charge in [0.25, 0.3) is 0 Å². The normalized spacial score (nSPS) is 18.5. The van der Waals surface area contributed by atoms with E-state index in [1.54, 1.807) is 19.6 Å². The van der Waals surface area contributed by atoms with Gasteiger partial charge in [0.05, 0.1) is 13.3 Å². The summed E-state index contributed by atoms with van der Waals surface area (Å²) in [5.74, 6) is 2.08. The number of aromatic nitrogens is 5. The van der Waals surface area contributed by atoms with Gasteiger partial charge in [-0.25, -0.2) is 4.98 Å². The molecule has 7 nitrogen and oxygen atoms in total. The molecule has 0 N–H and O–H groups in total. The van der Waals surface area contributed by atoms with Crippen LogP contribution in [0.1, 0.15) is 31.5 Å². The van der Waals surface area contributed by atoms with Crippen LogP contribution in [-0.4, -0.2) is 44.9 Å². The van der Waals surface area contributed by atoms with Crippen molar-refractivity contribution in [2.24, 2.45) is 0 Å². The van der Waals surface area contributed by atoms with Gasteiger partial charge in [0.1, 0.15) is 17.2 Å². The van der Waals surface area contributed by atoms with Crippen molar-refractivity contribution in [3.8, 4) is 6.01 Å². The van der Waals surface area contributed by atoms with Gasteiger partial charge in [-0.1, -0.05) is 11.6 Å². The van der Waals surface area contributed by atoms with E-state index in [0.717, 1.165) is 44.1 Å². The van der Waals surface area contributed by atoms with Gasteiger partial charge in [-0.2, -0.15) is 4.98 Å². The molecule has 0 radical (unpaired) electrons. The Morgan fingerprint density at radius 1 is 1.45 bits per heavy atom. The molecule has 2 aromatic rings. The lowest BCUT2D eigenvalue weighted by molar-refractivity contribution is 0.378. The SMILES string of the molecule is CCn1cnnc1C1CCCN(c2nc(OC)ncc2Cl)C1. The number of rotatable bonds is 4. The number of hydrogen-bond donors (Lipinski definition) is 0. The molecule has 0 saturated carbocycles. The highest BCUT2D eigenvalue weighted by Crippen LogP contribution is 2.32. The van der Waals surface area contributed by atoms with Crippen LogP contribution in [0.25, 0.3) is 0 Å². The Hall–Kier alpha value is -1.89. The van der Waals surface area contributed by atoms with Crippen molar-refractivity contribution in [2.45, 2.75) is 32.2 Å². The number of piperidine rings is 1. The van der Waals surface area contributed by atoms with Crippen molar-refractivity contribution < 1.29 is 4.74 Å². The first kappa shape index (κ1) is 15.0. The minimum atomic E-state index is 0.327. The fraction of sp³-hybridized carbons (Fsp3) is 0.571. The minimum absolute atomic E-state index is 0.327. The second-order valence-corrected chi connectivity index (χ2v) is 5.70. The molecule has 1 unspecified atom stereocenters. The first-order valence-electron chi connectivity index (χ1n) is 7.42. The van der Waals surface area contributed by atoms with Gasteiger partial charge in [-0.05, 0) is 19.8 Å². The Morgan fingerprint density at radius 2 is 2.32 bits per heavy atom. The Bertz CT molecular complexity index is 646. The highest BCUT2D eigenvalue weighted by atomic mass is 35.5. The molecule has 3 heterocycles. The van der Waals surface area contributed by atoms with Crippen molar-refractivity contribution in [3.63, 3.8) is 0 Å². The van der Waals surface area contributed by atoms with Crippen LogP contribution in [-0.2, 0) is 6.54 Å². The third-order valence-electron chi connectivity index (χ3n) is 3.96. The minimum Gasteiger partial charge on any atom is -0.467 e. The molecule has 1 fully saturated rings. The molecule has 1 atom stereocenters. The summed E-state index contributed by atoms with van der Waals surface area (Å²) in [7, 11) is 1.55. The lowest BCUT2D eigenvalue weighted by Crippen LogP contribution is -2.36. The van der Waals surface area contributed by atoms with Crippen molar-refractivity contribution in [1.29, 1.82) is 0 Å². The van der Waals surface area contributed by atoms with Crippen molar-refractivity contribution in [3.05, 3.63) is 23.4 Å². The Labute approximate surface area is 134 Å². The zero-order valence-corrected chi connectivity index (χ0v) is 13.5. The van der Waals surface area contributed by atoms with E-state index in [2.05, 4.69) is 36.6 Å². The fourth-order valence-corrected chi connectivity index (χ4v) is 3.08. The number of methoxy groups -OCH3 is 1. The van der Waals surface area contributed by atoms with Crippen LogP contribution in [0.5, 0.6) is 6.01 Å². The number of anilines is 1. The van der Waals surface area contributed by atoms with E-state index in [4.69, 9.17) is 16.3 Å². The van der Waals surface area contributed by atoms with E-state index >= 15 is 0 Å². The molecule has 1 saturated heterocycles. The topological polar surface area (TPSA) is 69.0 Å². The Kier molecular flexibility index (Phi) is 4.42. The summed E-state index contributed by atoms with van der Waals surface area (Å²) < 4.78 is 7.20. The third-order valence-corrected chi connectivity index (χ3v) is 4.22. The molecule has 118 valence electrons. The quantitative estimate of drug-likeness (QED) is 0.859. The number of hydrogen-bond acceptors (Lipinski definition) is 6. The summed E-state index contributed by atoms with van der Waals surface area (Å²) in [6.07, 6.45) is 5.52. The molecular formula is C14H19ClN6O. The molecule has 22 heavy (non-hydrogen) atoms. The predicted molar refractivity (Wildman–Crippen MR) is 83.5 cm³/mol. The molecule has 0 aliphatic carbocycles. The van der Waals surface area contributed by atoms with Crippen LogP contribution >= 0.6 is 11.6 Å². The van der Waals surface area contributed by atoms with Crippen LogP contribution in [0.15, 0.2) is 12.5 Å². The van der Waals surface area contributed by atoms with E-state index in [1.165, 1.54) is 0 Å². The molecule has 1 aliphatic rings. The van der Waals surface area contributed by atoms with E-state index in [-0.39, 0.29) is 0 Å². The number of ether oxygens (including phenoxy) is 1. The summed E-state index contributed by atoms with van der Waals surface area (Å²) in [6, 6.07) is 0.332. The number of nitrogens with zero attached hydrogens (tertiary/aromatic N) is 6. The maximum Gasteiger partial charge on any atom is 0.318 e. The molecule has 1 aliphatic heterocycles. The average molecular weight is 323 g/mol. The van der Waals surface area contributed by atoms with Gasteiger partial charge in [0.15, 0.2) is 5.82 Å². The highest BCUT2D eigenvalue weighted by molar-refractivity contribution is 6.32. The van der Waals surface area contributed by atoms with Gasteiger partial charge >= 0.3 is 6.01 Å². The zero-order chi connectivity index (χ0) is 15.5. The lowest BCUT2D eigenvalue weighted by Gasteiger charge is -2.33. The standard InChI is InChI=1S/C14H19ClN6O/c1-3-20-9-17-19-12(20)10-5-4-6-21(8-10)13-11(15)7-16-14(18-13)22-2/h7,9-10H,3-6,8H2,1-2H3.